The van der Waals surface area contributed by atoms with Gasteiger partial charge in [-0.2, -0.15) is 17.7 Å². The van der Waals surface area contributed by atoms with Gasteiger partial charge in [0.25, 0.3) is 5.56 Å². The summed E-state index contributed by atoms with van der Waals surface area (Å²) in [4.78, 5) is 37.6. The minimum atomic E-state index is -5.11. The van der Waals surface area contributed by atoms with Gasteiger partial charge in [0.1, 0.15) is 24.5 Å². The Morgan fingerprint density at radius 3 is 2.48 bits per heavy atom. The summed E-state index contributed by atoms with van der Waals surface area (Å²) in [6.07, 6.45) is -2.85. The Morgan fingerprint density at radius 1 is 1.38 bits per heavy atom. The van der Waals surface area contributed by atoms with Gasteiger partial charge < -0.3 is 14.6 Å². The number of carbonyl (C=O) groups excluding carboxylic acids is 1. The maximum absolute atomic E-state index is 13.4. The van der Waals surface area contributed by atoms with Crippen molar-refractivity contribution in [3.05, 3.63) is 32.6 Å². The summed E-state index contributed by atoms with van der Waals surface area (Å²) in [5, 5.41) is 9.41. The maximum Gasteiger partial charge on any atom is 0.423 e. The smallest absolute Gasteiger partial charge is 0.394 e. The SMILES string of the molecule is C#CCO[C@H]1C[C@H](n2cc(C(F)(F)F)c(=O)n(C(=O)C(C)(C)C)c2=O)O[C@@H]1CO. The van der Waals surface area contributed by atoms with E-state index in [1.807, 2.05) is 0 Å². The molecular weight excluding hydrogens is 397 g/mol. The van der Waals surface area contributed by atoms with Crippen LogP contribution in [0.15, 0.2) is 15.8 Å². The van der Waals surface area contributed by atoms with Crippen molar-refractivity contribution in [2.24, 2.45) is 5.41 Å². The van der Waals surface area contributed by atoms with Gasteiger partial charge in [-0.15, -0.1) is 6.42 Å². The van der Waals surface area contributed by atoms with Crippen LogP contribution in [-0.2, 0) is 15.7 Å². The highest BCUT2D eigenvalue weighted by Crippen LogP contribution is 2.32. The van der Waals surface area contributed by atoms with Crippen molar-refractivity contribution < 1.29 is 32.5 Å². The Labute approximate surface area is 163 Å². The molecular formula is C18H21F3N2O6. The molecule has 29 heavy (non-hydrogen) atoms. The molecule has 0 radical (unpaired) electrons. The summed E-state index contributed by atoms with van der Waals surface area (Å²) < 4.78 is 51.5. The molecule has 1 aliphatic heterocycles. The van der Waals surface area contributed by atoms with Crippen LogP contribution in [0.1, 0.15) is 43.8 Å². The monoisotopic (exact) mass is 418 g/mol. The first kappa shape index (κ1) is 22.9. The number of terminal acetylenes is 1. The molecule has 0 spiro atoms. The average molecular weight is 418 g/mol. The highest BCUT2D eigenvalue weighted by atomic mass is 19.4. The van der Waals surface area contributed by atoms with Gasteiger partial charge in [0, 0.05) is 18.0 Å². The molecule has 1 N–H and O–H groups in total. The Balaban J connectivity index is 2.64. The third-order valence-corrected chi connectivity index (χ3v) is 4.32. The number of hydrogen-bond donors (Lipinski definition) is 1. The van der Waals surface area contributed by atoms with Crippen molar-refractivity contribution in [3.63, 3.8) is 0 Å². The van der Waals surface area contributed by atoms with Crippen LogP contribution in [0.3, 0.4) is 0 Å². The van der Waals surface area contributed by atoms with Gasteiger partial charge in [-0.25, -0.2) is 4.79 Å². The Hall–Kier alpha value is -2.42. The molecule has 1 aromatic rings. The van der Waals surface area contributed by atoms with Gasteiger partial charge >= 0.3 is 11.9 Å². The summed E-state index contributed by atoms with van der Waals surface area (Å²) in [7, 11) is 0. The molecule has 2 heterocycles. The number of hydrogen-bond acceptors (Lipinski definition) is 6. The second kappa shape index (κ2) is 8.14. The maximum atomic E-state index is 13.4. The second-order valence-electron chi connectivity index (χ2n) is 7.53. The Bertz CT molecular complexity index is 935. The molecule has 0 saturated carbocycles. The number of halogens is 3. The lowest BCUT2D eigenvalue weighted by atomic mass is 9.95. The number of alkyl halides is 3. The van der Waals surface area contributed by atoms with Gasteiger partial charge in [0.2, 0.25) is 5.91 Å². The molecule has 0 amide bonds. The number of nitrogens with zero attached hydrogens (tertiary/aromatic N) is 2. The molecule has 160 valence electrons. The summed E-state index contributed by atoms with van der Waals surface area (Å²) in [5.74, 6) is 1.12. The summed E-state index contributed by atoms with van der Waals surface area (Å²) >= 11 is 0. The van der Waals surface area contributed by atoms with E-state index in [4.69, 9.17) is 15.9 Å². The van der Waals surface area contributed by atoms with Crippen LogP contribution in [-0.4, -0.2) is 45.6 Å². The first-order valence-corrected chi connectivity index (χ1v) is 8.64. The molecule has 8 nitrogen and oxygen atoms in total. The van der Waals surface area contributed by atoms with Crippen molar-refractivity contribution in [1.82, 2.24) is 9.13 Å². The van der Waals surface area contributed by atoms with E-state index in [9.17, 15) is 32.7 Å². The van der Waals surface area contributed by atoms with E-state index >= 15 is 0 Å². The van der Waals surface area contributed by atoms with Crippen LogP contribution >= 0.6 is 0 Å². The number of aliphatic hydroxyl groups excluding tert-OH is 1. The standard InChI is InChI=1S/C18H21F3N2O6/c1-5-6-28-11-7-13(29-12(11)9-24)22-8-10(18(19,20)21)14(25)23(16(22)27)15(26)17(2,3)4/h1,8,11-13,24H,6-7,9H2,2-4H3/t11-,12+,13+/m0/s1. The molecule has 0 aromatic carbocycles. The van der Waals surface area contributed by atoms with Crippen LogP contribution in [0.2, 0.25) is 0 Å². The third kappa shape index (κ3) is 4.60. The molecule has 1 aliphatic rings. The zero-order valence-electron chi connectivity index (χ0n) is 16.0. The number of ether oxygens (including phenoxy) is 2. The van der Waals surface area contributed by atoms with Gasteiger partial charge in [-0.05, 0) is 0 Å². The van der Waals surface area contributed by atoms with Crippen LogP contribution in [0.4, 0.5) is 13.2 Å². The topological polar surface area (TPSA) is 99.8 Å². The largest absolute Gasteiger partial charge is 0.423 e. The molecule has 0 unspecified atom stereocenters. The second-order valence-corrected chi connectivity index (χ2v) is 7.53. The minimum Gasteiger partial charge on any atom is -0.394 e. The van der Waals surface area contributed by atoms with Crippen molar-refractivity contribution in [2.75, 3.05) is 13.2 Å². The molecule has 2 rings (SSSR count). The van der Waals surface area contributed by atoms with Gasteiger partial charge in [0.05, 0.1) is 12.7 Å². The van der Waals surface area contributed by atoms with Crippen molar-refractivity contribution in [1.29, 1.82) is 0 Å². The molecule has 1 fully saturated rings. The van der Waals surface area contributed by atoms with E-state index in [1.54, 1.807) is 0 Å². The highest BCUT2D eigenvalue weighted by molar-refractivity contribution is 5.83. The summed E-state index contributed by atoms with van der Waals surface area (Å²) in [6.45, 7) is 3.42. The first-order valence-electron chi connectivity index (χ1n) is 8.64. The zero-order chi connectivity index (χ0) is 22.1. The van der Waals surface area contributed by atoms with E-state index in [0.717, 1.165) is 0 Å². The lowest BCUT2D eigenvalue weighted by molar-refractivity contribution is -0.140. The predicted molar refractivity (Wildman–Crippen MR) is 94.2 cm³/mol. The molecule has 0 bridgehead atoms. The number of carbonyl (C=O) groups is 1. The van der Waals surface area contributed by atoms with Crippen LogP contribution in [0, 0.1) is 17.8 Å². The molecule has 1 aromatic heterocycles. The van der Waals surface area contributed by atoms with Crippen LogP contribution < -0.4 is 11.2 Å². The van der Waals surface area contributed by atoms with E-state index in [1.165, 1.54) is 20.8 Å². The average Bonchev–Trinajstić information content (AvgIpc) is 3.00. The Kier molecular flexibility index (Phi) is 6.42. The van der Waals surface area contributed by atoms with Gasteiger partial charge in [0.15, 0.2) is 0 Å². The molecule has 0 aliphatic carbocycles. The number of aromatic nitrogens is 2. The fourth-order valence-corrected chi connectivity index (χ4v) is 2.85. The Morgan fingerprint density at radius 2 is 2.00 bits per heavy atom. The number of aliphatic hydroxyl groups is 1. The lowest BCUT2D eigenvalue weighted by Gasteiger charge is -2.22. The third-order valence-electron chi connectivity index (χ3n) is 4.32. The van der Waals surface area contributed by atoms with Gasteiger partial charge in [-0.1, -0.05) is 26.7 Å². The fourth-order valence-electron chi connectivity index (χ4n) is 2.85. The van der Waals surface area contributed by atoms with Crippen molar-refractivity contribution >= 4 is 5.91 Å². The lowest BCUT2D eigenvalue weighted by Crippen LogP contribution is -2.50. The van der Waals surface area contributed by atoms with Crippen LogP contribution in [0.25, 0.3) is 0 Å². The van der Waals surface area contributed by atoms with Crippen molar-refractivity contribution in [3.8, 4) is 12.3 Å². The highest BCUT2D eigenvalue weighted by Gasteiger charge is 2.42. The summed E-state index contributed by atoms with van der Waals surface area (Å²) in [5.41, 5.74) is -6.02. The van der Waals surface area contributed by atoms with Crippen LogP contribution in [0.5, 0.6) is 0 Å². The van der Waals surface area contributed by atoms with E-state index in [0.29, 0.717) is 10.8 Å². The molecule has 11 heteroatoms. The minimum absolute atomic E-state index is 0.0320. The number of rotatable bonds is 4. The fraction of sp³-hybridized carbons (Fsp3) is 0.611. The predicted octanol–water partition coefficient (Wildman–Crippen LogP) is 1.01. The normalized spacial score (nSPS) is 22.5. The zero-order valence-corrected chi connectivity index (χ0v) is 16.0. The van der Waals surface area contributed by atoms with E-state index in [-0.39, 0.29) is 17.6 Å². The molecule has 3 atom stereocenters. The first-order chi connectivity index (χ1) is 13.3. The quantitative estimate of drug-likeness (QED) is 0.733. The van der Waals surface area contributed by atoms with E-state index in [2.05, 4.69) is 5.92 Å². The van der Waals surface area contributed by atoms with Gasteiger partial charge in [-0.3, -0.25) is 14.2 Å². The van der Waals surface area contributed by atoms with Crippen molar-refractivity contribution in [2.45, 2.75) is 51.8 Å². The summed E-state index contributed by atoms with van der Waals surface area (Å²) in [6, 6.07) is 0. The van der Waals surface area contributed by atoms with E-state index < -0.39 is 59.4 Å². The molecule has 1 saturated heterocycles.